The molecule has 0 aromatic heterocycles. The van der Waals surface area contributed by atoms with Gasteiger partial charge < -0.3 is 15.1 Å². The van der Waals surface area contributed by atoms with Crippen molar-refractivity contribution in [2.75, 3.05) is 34.2 Å². The Morgan fingerprint density at radius 1 is 1.18 bits per heavy atom. The molecule has 1 atom stereocenters. The van der Waals surface area contributed by atoms with Gasteiger partial charge in [-0.15, -0.1) is 24.0 Å². The maximum Gasteiger partial charge on any atom is 0.193 e. The molecule has 0 amide bonds. The number of guanidine groups is 1. The van der Waals surface area contributed by atoms with Crippen molar-refractivity contribution in [1.29, 1.82) is 0 Å². The predicted molar refractivity (Wildman–Crippen MR) is 107 cm³/mol. The van der Waals surface area contributed by atoms with Crippen LogP contribution < -0.4 is 5.32 Å². The van der Waals surface area contributed by atoms with E-state index in [4.69, 9.17) is 0 Å². The van der Waals surface area contributed by atoms with E-state index in [1.807, 2.05) is 25.1 Å². The van der Waals surface area contributed by atoms with Crippen molar-refractivity contribution in [3.8, 4) is 0 Å². The highest BCUT2D eigenvalue weighted by Crippen LogP contribution is 2.01. The van der Waals surface area contributed by atoms with Gasteiger partial charge in [0.05, 0.1) is 6.54 Å². The second kappa shape index (κ2) is 11.7. The van der Waals surface area contributed by atoms with Gasteiger partial charge in [0.25, 0.3) is 0 Å². The summed E-state index contributed by atoms with van der Waals surface area (Å²) in [5, 5.41) is 3.43. The van der Waals surface area contributed by atoms with Crippen molar-refractivity contribution in [3.63, 3.8) is 0 Å². The fourth-order valence-corrected chi connectivity index (χ4v) is 1.98. The van der Waals surface area contributed by atoms with Crippen LogP contribution in [0.4, 0.5) is 0 Å². The molecule has 0 fully saturated rings. The molecule has 0 spiro atoms. The van der Waals surface area contributed by atoms with E-state index >= 15 is 0 Å². The molecule has 0 aliphatic carbocycles. The first-order valence-electron chi connectivity index (χ1n) is 7.74. The van der Waals surface area contributed by atoms with Gasteiger partial charge in [0.2, 0.25) is 0 Å². The zero-order valence-electron chi connectivity index (χ0n) is 14.5. The van der Waals surface area contributed by atoms with Gasteiger partial charge in [0.1, 0.15) is 0 Å². The van der Waals surface area contributed by atoms with Gasteiger partial charge in [-0.05, 0) is 26.0 Å². The van der Waals surface area contributed by atoms with Crippen LogP contribution in [0, 0.1) is 0 Å². The average molecular weight is 418 g/mol. The quantitative estimate of drug-likeness (QED) is 0.420. The summed E-state index contributed by atoms with van der Waals surface area (Å²) < 4.78 is 0. The van der Waals surface area contributed by atoms with E-state index in [9.17, 15) is 0 Å². The minimum Gasteiger partial charge on any atom is -0.355 e. The summed E-state index contributed by atoms with van der Waals surface area (Å²) in [6.45, 7) is 7.12. The third kappa shape index (κ3) is 7.98. The highest BCUT2D eigenvalue weighted by Gasteiger charge is 2.07. The van der Waals surface area contributed by atoms with Gasteiger partial charge in [-0.1, -0.05) is 37.3 Å². The second-order valence-electron chi connectivity index (χ2n) is 5.68. The van der Waals surface area contributed by atoms with Crippen LogP contribution in [0.25, 0.3) is 0 Å². The Bertz CT molecular complexity index is 420. The van der Waals surface area contributed by atoms with Crippen LogP contribution in [-0.2, 0) is 6.54 Å². The summed E-state index contributed by atoms with van der Waals surface area (Å²) in [5.74, 6) is 0.941. The normalized spacial score (nSPS) is 12.7. The molecule has 126 valence electrons. The Balaban J connectivity index is 0.00000441. The fraction of sp³-hybridized carbons (Fsp3) is 0.588. The van der Waals surface area contributed by atoms with Crippen molar-refractivity contribution >= 4 is 29.9 Å². The molecule has 0 radical (unpaired) electrons. The van der Waals surface area contributed by atoms with Crippen molar-refractivity contribution in [2.24, 2.45) is 4.99 Å². The van der Waals surface area contributed by atoms with Crippen LogP contribution in [0.15, 0.2) is 35.3 Å². The molecular weight excluding hydrogens is 387 g/mol. The number of benzene rings is 1. The Labute approximate surface area is 153 Å². The number of nitrogens with zero attached hydrogens (tertiary/aromatic N) is 3. The van der Waals surface area contributed by atoms with E-state index in [1.54, 1.807) is 0 Å². The third-order valence-corrected chi connectivity index (χ3v) is 3.77. The lowest BCUT2D eigenvalue weighted by molar-refractivity contribution is 0.255. The highest BCUT2D eigenvalue weighted by molar-refractivity contribution is 14.0. The molecule has 1 aromatic carbocycles. The van der Waals surface area contributed by atoms with E-state index in [0.717, 1.165) is 19.0 Å². The minimum atomic E-state index is 0. The van der Waals surface area contributed by atoms with Crippen LogP contribution in [0.5, 0.6) is 0 Å². The van der Waals surface area contributed by atoms with Gasteiger partial charge in [-0.3, -0.25) is 0 Å². The van der Waals surface area contributed by atoms with E-state index < -0.39 is 0 Å². The van der Waals surface area contributed by atoms with Gasteiger partial charge in [-0.25, -0.2) is 4.99 Å². The SMILES string of the molecule is CCC(C)N(C)CCNC(=NCc1ccccc1)N(C)C.I. The lowest BCUT2D eigenvalue weighted by atomic mass is 10.2. The van der Waals surface area contributed by atoms with Crippen molar-refractivity contribution in [2.45, 2.75) is 32.9 Å². The minimum absolute atomic E-state index is 0. The van der Waals surface area contributed by atoms with Crippen LogP contribution in [0.3, 0.4) is 0 Å². The topological polar surface area (TPSA) is 30.9 Å². The Kier molecular flexibility index (Phi) is 11.3. The number of aliphatic imine (C=N–C) groups is 1. The number of nitrogens with one attached hydrogen (secondary N) is 1. The molecule has 0 heterocycles. The monoisotopic (exact) mass is 418 g/mol. The molecule has 0 saturated heterocycles. The van der Waals surface area contributed by atoms with Gasteiger partial charge in [0, 0.05) is 33.2 Å². The van der Waals surface area contributed by atoms with Gasteiger partial charge in [0.15, 0.2) is 5.96 Å². The van der Waals surface area contributed by atoms with Crippen LogP contribution >= 0.6 is 24.0 Å². The molecule has 1 N–H and O–H groups in total. The van der Waals surface area contributed by atoms with E-state index in [1.165, 1.54) is 12.0 Å². The zero-order chi connectivity index (χ0) is 15.7. The van der Waals surface area contributed by atoms with E-state index in [2.05, 4.69) is 60.4 Å². The molecule has 1 aromatic rings. The fourth-order valence-electron chi connectivity index (χ4n) is 1.98. The molecule has 0 aliphatic heterocycles. The van der Waals surface area contributed by atoms with Crippen LogP contribution in [-0.4, -0.2) is 56.0 Å². The number of rotatable bonds is 7. The van der Waals surface area contributed by atoms with Crippen molar-refractivity contribution in [3.05, 3.63) is 35.9 Å². The molecule has 1 rings (SSSR count). The lowest BCUT2D eigenvalue weighted by Gasteiger charge is -2.25. The summed E-state index contributed by atoms with van der Waals surface area (Å²) >= 11 is 0. The molecule has 0 saturated carbocycles. The Morgan fingerprint density at radius 2 is 1.82 bits per heavy atom. The summed E-state index contributed by atoms with van der Waals surface area (Å²) in [6, 6.07) is 11.0. The third-order valence-electron chi connectivity index (χ3n) is 3.77. The van der Waals surface area contributed by atoms with Crippen LogP contribution in [0.1, 0.15) is 25.8 Å². The standard InChI is InChI=1S/C17H30N4.HI/c1-6-15(2)21(5)13-12-18-17(20(3)4)19-14-16-10-8-7-9-11-16;/h7-11,15H,6,12-14H2,1-5H3,(H,18,19);1H. The molecule has 22 heavy (non-hydrogen) atoms. The summed E-state index contributed by atoms with van der Waals surface area (Å²) in [6.07, 6.45) is 1.18. The number of hydrogen-bond donors (Lipinski definition) is 1. The first-order valence-corrected chi connectivity index (χ1v) is 7.74. The summed E-state index contributed by atoms with van der Waals surface area (Å²) in [4.78, 5) is 9.07. The number of halogens is 1. The van der Waals surface area contributed by atoms with E-state index in [-0.39, 0.29) is 24.0 Å². The Hall–Kier alpha value is -0.820. The summed E-state index contributed by atoms with van der Waals surface area (Å²) in [7, 11) is 6.22. The smallest absolute Gasteiger partial charge is 0.193 e. The zero-order valence-corrected chi connectivity index (χ0v) is 16.9. The number of likely N-dealkylation sites (N-methyl/N-ethyl adjacent to an activating group) is 1. The van der Waals surface area contributed by atoms with Gasteiger partial charge >= 0.3 is 0 Å². The summed E-state index contributed by atoms with van der Waals surface area (Å²) in [5.41, 5.74) is 1.23. The molecule has 4 nitrogen and oxygen atoms in total. The molecular formula is C17H31IN4. The average Bonchev–Trinajstić information content (AvgIpc) is 2.50. The second-order valence-corrected chi connectivity index (χ2v) is 5.68. The molecule has 5 heteroatoms. The van der Waals surface area contributed by atoms with Crippen molar-refractivity contribution in [1.82, 2.24) is 15.1 Å². The predicted octanol–water partition coefficient (Wildman–Crippen LogP) is 3.04. The van der Waals surface area contributed by atoms with Crippen LogP contribution in [0.2, 0.25) is 0 Å². The van der Waals surface area contributed by atoms with Gasteiger partial charge in [-0.2, -0.15) is 0 Å². The first-order chi connectivity index (χ1) is 10.0. The largest absolute Gasteiger partial charge is 0.355 e. The lowest BCUT2D eigenvalue weighted by Crippen LogP contribution is -2.41. The maximum atomic E-state index is 4.67. The Morgan fingerprint density at radius 3 is 2.36 bits per heavy atom. The molecule has 0 aliphatic rings. The maximum absolute atomic E-state index is 4.67. The molecule has 1 unspecified atom stereocenters. The van der Waals surface area contributed by atoms with E-state index in [0.29, 0.717) is 12.6 Å². The number of hydrogen-bond acceptors (Lipinski definition) is 2. The van der Waals surface area contributed by atoms with Crippen molar-refractivity contribution < 1.29 is 0 Å². The first kappa shape index (κ1) is 21.2. The highest BCUT2D eigenvalue weighted by atomic mass is 127. The molecule has 0 bridgehead atoms.